The lowest BCUT2D eigenvalue weighted by molar-refractivity contribution is -0.137. The Morgan fingerprint density at radius 3 is 2.43 bits per heavy atom. The molecule has 0 aromatic carbocycles. The van der Waals surface area contributed by atoms with Gasteiger partial charge < -0.3 is 5.11 Å². The molecule has 1 rings (SSSR count). The van der Waals surface area contributed by atoms with Gasteiger partial charge in [-0.2, -0.15) is 13.2 Å². The lowest BCUT2D eigenvalue weighted by atomic mass is 10.0. The van der Waals surface area contributed by atoms with Gasteiger partial charge in [-0.25, -0.2) is 4.98 Å². The highest BCUT2D eigenvalue weighted by Gasteiger charge is 2.36. The van der Waals surface area contributed by atoms with Gasteiger partial charge in [0.25, 0.3) is 0 Å². The van der Waals surface area contributed by atoms with Gasteiger partial charge in [-0.15, -0.1) is 11.3 Å². The average Bonchev–Trinajstić information content (AvgIpc) is 2.51. The summed E-state index contributed by atoms with van der Waals surface area (Å²) in [5, 5.41) is 8.76. The van der Waals surface area contributed by atoms with Crippen molar-refractivity contribution in [2.24, 2.45) is 0 Å². The maximum atomic E-state index is 12.2. The van der Waals surface area contributed by atoms with E-state index < -0.39 is 16.8 Å². The van der Waals surface area contributed by atoms with Crippen molar-refractivity contribution in [3.63, 3.8) is 0 Å². The monoisotopic (exact) mass is 225 g/mol. The van der Waals surface area contributed by atoms with Crippen LogP contribution in [0.1, 0.15) is 30.2 Å². The Morgan fingerprint density at radius 2 is 2.07 bits per heavy atom. The summed E-state index contributed by atoms with van der Waals surface area (Å²) >= 11 is 0.485. The third-order valence-electron chi connectivity index (χ3n) is 1.97. The summed E-state index contributed by atoms with van der Waals surface area (Å²) in [5.41, 5.74) is -1.22. The van der Waals surface area contributed by atoms with Crippen LogP contribution in [0, 0.1) is 0 Å². The molecule has 0 radical (unpaired) electrons. The first-order valence-electron chi connectivity index (χ1n) is 4.03. The van der Waals surface area contributed by atoms with E-state index in [0.717, 1.165) is 6.20 Å². The molecule has 0 saturated carbocycles. The van der Waals surface area contributed by atoms with Crippen molar-refractivity contribution < 1.29 is 18.3 Å². The molecule has 0 saturated heterocycles. The predicted molar refractivity (Wildman–Crippen MR) is 47.0 cm³/mol. The second-order valence-corrected chi connectivity index (χ2v) is 4.19. The van der Waals surface area contributed by atoms with Gasteiger partial charge in [0.15, 0.2) is 5.01 Å². The van der Waals surface area contributed by atoms with Crippen LogP contribution in [-0.4, -0.2) is 10.1 Å². The third-order valence-corrected chi connectivity index (χ3v) is 3.26. The second-order valence-electron chi connectivity index (χ2n) is 3.15. The number of hydrogen-bond donors (Lipinski definition) is 1. The molecule has 1 unspecified atom stereocenters. The summed E-state index contributed by atoms with van der Waals surface area (Å²) in [6.45, 7) is 3.17. The number of rotatable bonds is 2. The van der Waals surface area contributed by atoms with Crippen molar-refractivity contribution in [1.29, 1.82) is 0 Å². The molecule has 80 valence electrons. The SMILES string of the molecule is CCC(C)(O)c1cnc(C(F)(F)F)s1. The lowest BCUT2D eigenvalue weighted by Gasteiger charge is -2.18. The number of nitrogens with zero attached hydrogens (tertiary/aromatic N) is 1. The van der Waals surface area contributed by atoms with Gasteiger partial charge in [-0.1, -0.05) is 6.92 Å². The summed E-state index contributed by atoms with van der Waals surface area (Å²) in [4.78, 5) is 3.48. The highest BCUT2D eigenvalue weighted by Crippen LogP contribution is 2.36. The minimum absolute atomic E-state index is 0.243. The molecule has 0 aliphatic carbocycles. The Bertz CT molecular complexity index is 319. The largest absolute Gasteiger partial charge is 0.443 e. The average molecular weight is 225 g/mol. The molecular formula is C8H10F3NOS. The van der Waals surface area contributed by atoms with Crippen molar-refractivity contribution in [3.8, 4) is 0 Å². The van der Waals surface area contributed by atoms with Crippen LogP contribution >= 0.6 is 11.3 Å². The normalized spacial score (nSPS) is 16.7. The van der Waals surface area contributed by atoms with Crippen LogP contribution in [0.4, 0.5) is 13.2 Å². The maximum Gasteiger partial charge on any atom is 0.443 e. The fourth-order valence-corrected chi connectivity index (χ4v) is 1.73. The van der Waals surface area contributed by atoms with Crippen LogP contribution < -0.4 is 0 Å². The van der Waals surface area contributed by atoms with E-state index >= 15 is 0 Å². The van der Waals surface area contributed by atoms with Crippen LogP contribution in [0.15, 0.2) is 6.20 Å². The van der Waals surface area contributed by atoms with Gasteiger partial charge >= 0.3 is 6.18 Å². The highest BCUT2D eigenvalue weighted by atomic mass is 32.1. The van der Waals surface area contributed by atoms with Crippen molar-refractivity contribution in [1.82, 2.24) is 4.98 Å². The van der Waals surface area contributed by atoms with Gasteiger partial charge in [0.2, 0.25) is 0 Å². The molecule has 0 fully saturated rings. The quantitative estimate of drug-likeness (QED) is 0.839. The van der Waals surface area contributed by atoms with Gasteiger partial charge in [0, 0.05) is 6.20 Å². The molecule has 1 aromatic rings. The van der Waals surface area contributed by atoms with E-state index in [4.69, 9.17) is 0 Å². The summed E-state index contributed by atoms with van der Waals surface area (Å²) in [5.74, 6) is 0. The molecule has 0 aliphatic rings. The Labute approximate surface area is 83.4 Å². The van der Waals surface area contributed by atoms with E-state index in [-0.39, 0.29) is 4.88 Å². The summed E-state index contributed by atoms with van der Waals surface area (Å²) in [6, 6.07) is 0. The molecule has 0 aliphatic heterocycles. The van der Waals surface area contributed by atoms with Crippen LogP contribution in [0.5, 0.6) is 0 Å². The fraction of sp³-hybridized carbons (Fsp3) is 0.625. The maximum absolute atomic E-state index is 12.2. The molecule has 1 heterocycles. The first kappa shape index (κ1) is 11.5. The van der Waals surface area contributed by atoms with E-state index in [1.807, 2.05) is 0 Å². The molecular weight excluding hydrogens is 215 g/mol. The fourth-order valence-electron chi connectivity index (χ4n) is 0.828. The number of hydrogen-bond acceptors (Lipinski definition) is 3. The molecule has 1 atom stereocenters. The van der Waals surface area contributed by atoms with Gasteiger partial charge in [0.05, 0.1) is 10.5 Å². The predicted octanol–water partition coefficient (Wildman–Crippen LogP) is 2.78. The van der Waals surface area contributed by atoms with Gasteiger partial charge in [-0.05, 0) is 13.3 Å². The number of halogens is 3. The smallest absolute Gasteiger partial charge is 0.385 e. The molecule has 14 heavy (non-hydrogen) atoms. The van der Waals surface area contributed by atoms with Crippen LogP contribution in [-0.2, 0) is 11.8 Å². The highest BCUT2D eigenvalue weighted by molar-refractivity contribution is 7.11. The van der Waals surface area contributed by atoms with E-state index in [2.05, 4.69) is 4.98 Å². The second kappa shape index (κ2) is 3.51. The first-order valence-corrected chi connectivity index (χ1v) is 4.85. The van der Waals surface area contributed by atoms with Crippen LogP contribution in [0.25, 0.3) is 0 Å². The van der Waals surface area contributed by atoms with Crippen LogP contribution in [0.2, 0.25) is 0 Å². The number of aromatic nitrogens is 1. The molecule has 0 amide bonds. The number of aliphatic hydroxyl groups is 1. The summed E-state index contributed by atoms with van der Waals surface area (Å²) in [6.07, 6.45) is -2.99. The van der Waals surface area contributed by atoms with Gasteiger partial charge in [0.1, 0.15) is 0 Å². The molecule has 0 bridgehead atoms. The summed E-state index contributed by atoms with van der Waals surface area (Å²) in [7, 11) is 0. The van der Waals surface area contributed by atoms with E-state index in [1.54, 1.807) is 6.92 Å². The molecule has 2 nitrogen and oxygen atoms in total. The van der Waals surface area contributed by atoms with Crippen molar-refractivity contribution in [2.45, 2.75) is 32.0 Å². The summed E-state index contributed by atoms with van der Waals surface area (Å²) < 4.78 is 36.5. The zero-order chi connectivity index (χ0) is 11.0. The Balaban J connectivity index is 3.00. The van der Waals surface area contributed by atoms with Crippen molar-refractivity contribution >= 4 is 11.3 Å². The Kier molecular flexibility index (Phi) is 2.87. The van der Waals surface area contributed by atoms with Gasteiger partial charge in [-0.3, -0.25) is 0 Å². The number of alkyl halides is 3. The van der Waals surface area contributed by atoms with Crippen LogP contribution in [0.3, 0.4) is 0 Å². The van der Waals surface area contributed by atoms with Crippen molar-refractivity contribution in [3.05, 3.63) is 16.1 Å². The molecule has 1 aromatic heterocycles. The lowest BCUT2D eigenvalue weighted by Crippen LogP contribution is -2.17. The first-order chi connectivity index (χ1) is 6.27. The zero-order valence-electron chi connectivity index (χ0n) is 7.72. The zero-order valence-corrected chi connectivity index (χ0v) is 8.54. The molecule has 1 N–H and O–H groups in total. The minimum atomic E-state index is -4.42. The topological polar surface area (TPSA) is 33.1 Å². The number of thiazole rings is 1. The van der Waals surface area contributed by atoms with E-state index in [0.29, 0.717) is 17.8 Å². The van der Waals surface area contributed by atoms with E-state index in [9.17, 15) is 18.3 Å². The Morgan fingerprint density at radius 1 is 1.50 bits per heavy atom. The Hall–Kier alpha value is -0.620. The molecule has 6 heteroatoms. The minimum Gasteiger partial charge on any atom is -0.385 e. The van der Waals surface area contributed by atoms with Crippen molar-refractivity contribution in [2.75, 3.05) is 0 Å². The standard InChI is InChI=1S/C8H10F3NOS/c1-3-7(2,13)5-4-12-6(14-5)8(9,10)11/h4,13H,3H2,1-2H3. The van der Waals surface area contributed by atoms with E-state index in [1.165, 1.54) is 6.92 Å². The third kappa shape index (κ3) is 2.24. The molecule has 0 spiro atoms.